The van der Waals surface area contributed by atoms with Crippen LogP contribution in [0.3, 0.4) is 0 Å². The highest BCUT2D eigenvalue weighted by molar-refractivity contribution is 5.70. The summed E-state index contributed by atoms with van der Waals surface area (Å²) in [6.45, 7) is 0.404. The Bertz CT molecular complexity index is 525. The van der Waals surface area contributed by atoms with Gasteiger partial charge in [-0.2, -0.15) is 0 Å². The number of benzene rings is 2. The topological polar surface area (TPSA) is 46.2 Å². The molecule has 0 aliphatic heterocycles. The third-order valence-electron chi connectivity index (χ3n) is 2.67. The van der Waals surface area contributed by atoms with Gasteiger partial charge in [0.25, 0.3) is 0 Å². The van der Waals surface area contributed by atoms with Crippen molar-refractivity contribution in [2.75, 3.05) is 6.54 Å². The third-order valence-corrected chi connectivity index (χ3v) is 2.67. The average Bonchev–Trinajstić information content (AvgIpc) is 2.33. The SMILES string of the molecule is NCCc1cc(-c2ccccc2O)ccc1F. The van der Waals surface area contributed by atoms with Gasteiger partial charge in [0.15, 0.2) is 0 Å². The predicted octanol–water partition coefficient (Wildman–Crippen LogP) is 2.70. The monoisotopic (exact) mass is 231 g/mol. The highest BCUT2D eigenvalue weighted by Gasteiger charge is 2.07. The number of halogens is 1. The van der Waals surface area contributed by atoms with Crippen molar-refractivity contribution in [3.63, 3.8) is 0 Å². The van der Waals surface area contributed by atoms with Crippen LogP contribution in [0, 0.1) is 5.82 Å². The molecule has 2 aromatic carbocycles. The van der Waals surface area contributed by atoms with Crippen LogP contribution in [0.5, 0.6) is 5.75 Å². The fraction of sp³-hybridized carbons (Fsp3) is 0.143. The van der Waals surface area contributed by atoms with E-state index in [9.17, 15) is 9.50 Å². The molecule has 0 saturated heterocycles. The zero-order valence-electron chi connectivity index (χ0n) is 9.36. The molecule has 0 unspecified atom stereocenters. The Morgan fingerprint density at radius 2 is 1.88 bits per heavy atom. The molecule has 0 spiro atoms. The molecule has 3 N–H and O–H groups in total. The number of nitrogens with two attached hydrogens (primary N) is 1. The molecule has 0 aliphatic rings. The molecule has 2 aromatic rings. The van der Waals surface area contributed by atoms with E-state index in [1.165, 1.54) is 6.07 Å². The Hall–Kier alpha value is -1.87. The minimum Gasteiger partial charge on any atom is -0.507 e. The van der Waals surface area contributed by atoms with E-state index >= 15 is 0 Å². The van der Waals surface area contributed by atoms with Crippen molar-refractivity contribution in [3.05, 3.63) is 53.8 Å². The molecule has 0 aromatic heterocycles. The number of phenols is 1. The van der Waals surface area contributed by atoms with Crippen LogP contribution in [0.2, 0.25) is 0 Å². The van der Waals surface area contributed by atoms with Gasteiger partial charge in [-0.25, -0.2) is 4.39 Å². The van der Waals surface area contributed by atoms with Gasteiger partial charge in [-0.15, -0.1) is 0 Å². The second-order valence-corrected chi connectivity index (χ2v) is 3.86. The van der Waals surface area contributed by atoms with E-state index in [1.54, 1.807) is 30.3 Å². The number of rotatable bonds is 3. The molecule has 2 nitrogen and oxygen atoms in total. The van der Waals surface area contributed by atoms with E-state index in [0.29, 0.717) is 24.1 Å². The van der Waals surface area contributed by atoms with Crippen LogP contribution in [0.4, 0.5) is 4.39 Å². The quantitative estimate of drug-likeness (QED) is 0.853. The summed E-state index contributed by atoms with van der Waals surface area (Å²) in [5, 5.41) is 9.74. The van der Waals surface area contributed by atoms with Crippen molar-refractivity contribution in [3.8, 4) is 16.9 Å². The van der Waals surface area contributed by atoms with E-state index in [1.807, 2.05) is 6.07 Å². The summed E-state index contributed by atoms with van der Waals surface area (Å²) in [6.07, 6.45) is 0.493. The maximum Gasteiger partial charge on any atom is 0.126 e. The fourth-order valence-electron chi connectivity index (χ4n) is 1.81. The fourth-order valence-corrected chi connectivity index (χ4v) is 1.81. The van der Waals surface area contributed by atoms with Crippen molar-refractivity contribution >= 4 is 0 Å². The summed E-state index contributed by atoms with van der Waals surface area (Å²) >= 11 is 0. The van der Waals surface area contributed by atoms with Crippen LogP contribution in [-0.2, 0) is 6.42 Å². The van der Waals surface area contributed by atoms with Gasteiger partial charge in [-0.05, 0) is 42.3 Å². The van der Waals surface area contributed by atoms with Crippen molar-refractivity contribution in [1.29, 1.82) is 0 Å². The molecule has 0 saturated carbocycles. The summed E-state index contributed by atoms with van der Waals surface area (Å²) in [7, 11) is 0. The lowest BCUT2D eigenvalue weighted by Gasteiger charge is -2.07. The maximum atomic E-state index is 13.5. The molecule has 0 bridgehead atoms. The number of aromatic hydroxyl groups is 1. The zero-order chi connectivity index (χ0) is 12.3. The predicted molar refractivity (Wildman–Crippen MR) is 66.3 cm³/mol. The Labute approximate surface area is 99.5 Å². The molecule has 3 heteroatoms. The lowest BCUT2D eigenvalue weighted by molar-refractivity contribution is 0.477. The highest BCUT2D eigenvalue weighted by Crippen LogP contribution is 2.29. The summed E-state index contributed by atoms with van der Waals surface area (Å²) in [4.78, 5) is 0. The van der Waals surface area contributed by atoms with Gasteiger partial charge in [0.1, 0.15) is 11.6 Å². The molecule has 17 heavy (non-hydrogen) atoms. The van der Waals surface area contributed by atoms with E-state index < -0.39 is 0 Å². The van der Waals surface area contributed by atoms with Crippen molar-refractivity contribution in [1.82, 2.24) is 0 Å². The first-order chi connectivity index (χ1) is 8.22. The number of para-hydroxylation sites is 1. The molecule has 2 rings (SSSR count). The minimum absolute atomic E-state index is 0.192. The molecule has 0 heterocycles. The number of hydrogen-bond acceptors (Lipinski definition) is 2. The van der Waals surface area contributed by atoms with E-state index in [-0.39, 0.29) is 11.6 Å². The standard InChI is InChI=1S/C14H14FNO/c15-13-6-5-10(9-11(13)7-8-16)12-3-1-2-4-14(12)17/h1-6,9,17H,7-8,16H2. The van der Waals surface area contributed by atoms with Crippen LogP contribution in [0.25, 0.3) is 11.1 Å². The maximum absolute atomic E-state index is 13.5. The number of phenolic OH excluding ortho intramolecular Hbond substituents is 1. The van der Waals surface area contributed by atoms with Gasteiger partial charge in [0, 0.05) is 5.56 Å². The van der Waals surface area contributed by atoms with Gasteiger partial charge < -0.3 is 10.8 Å². The van der Waals surface area contributed by atoms with E-state index in [4.69, 9.17) is 5.73 Å². The van der Waals surface area contributed by atoms with Gasteiger partial charge >= 0.3 is 0 Å². The summed E-state index contributed by atoms with van der Waals surface area (Å²) in [5.74, 6) is -0.0626. The van der Waals surface area contributed by atoms with Crippen molar-refractivity contribution < 1.29 is 9.50 Å². The largest absolute Gasteiger partial charge is 0.507 e. The third kappa shape index (κ3) is 2.45. The molecule has 0 atom stereocenters. The molecule has 0 radical (unpaired) electrons. The first-order valence-electron chi connectivity index (χ1n) is 5.49. The first kappa shape index (κ1) is 11.6. The molecular formula is C14H14FNO. The summed E-state index contributed by atoms with van der Waals surface area (Å²) in [5.41, 5.74) is 7.51. The Morgan fingerprint density at radius 3 is 2.59 bits per heavy atom. The highest BCUT2D eigenvalue weighted by atomic mass is 19.1. The Balaban J connectivity index is 2.46. The molecule has 0 aliphatic carbocycles. The summed E-state index contributed by atoms with van der Waals surface area (Å²) in [6, 6.07) is 11.8. The molecule has 88 valence electrons. The minimum atomic E-state index is -0.255. The molecule has 0 fully saturated rings. The second-order valence-electron chi connectivity index (χ2n) is 3.86. The van der Waals surface area contributed by atoms with Gasteiger partial charge in [-0.1, -0.05) is 24.3 Å². The van der Waals surface area contributed by atoms with Crippen LogP contribution in [0.15, 0.2) is 42.5 Å². The van der Waals surface area contributed by atoms with Crippen LogP contribution in [-0.4, -0.2) is 11.7 Å². The second kappa shape index (κ2) is 4.97. The Morgan fingerprint density at radius 1 is 1.12 bits per heavy atom. The molecule has 0 amide bonds. The molecular weight excluding hydrogens is 217 g/mol. The Kier molecular flexibility index (Phi) is 3.40. The van der Waals surface area contributed by atoms with E-state index in [2.05, 4.69) is 0 Å². The van der Waals surface area contributed by atoms with Crippen LogP contribution in [0.1, 0.15) is 5.56 Å². The lowest BCUT2D eigenvalue weighted by atomic mass is 10.0. The van der Waals surface area contributed by atoms with Crippen LogP contribution >= 0.6 is 0 Å². The first-order valence-corrected chi connectivity index (χ1v) is 5.49. The van der Waals surface area contributed by atoms with E-state index in [0.717, 1.165) is 5.56 Å². The normalized spacial score (nSPS) is 10.5. The smallest absolute Gasteiger partial charge is 0.126 e. The van der Waals surface area contributed by atoms with Crippen molar-refractivity contribution in [2.24, 2.45) is 5.73 Å². The number of hydrogen-bond donors (Lipinski definition) is 2. The van der Waals surface area contributed by atoms with Crippen LogP contribution < -0.4 is 5.73 Å². The lowest BCUT2D eigenvalue weighted by Crippen LogP contribution is -2.04. The van der Waals surface area contributed by atoms with Crippen molar-refractivity contribution in [2.45, 2.75) is 6.42 Å². The average molecular weight is 231 g/mol. The zero-order valence-corrected chi connectivity index (χ0v) is 9.36. The van der Waals surface area contributed by atoms with Gasteiger partial charge in [0.05, 0.1) is 0 Å². The van der Waals surface area contributed by atoms with Gasteiger partial charge in [0.2, 0.25) is 0 Å². The van der Waals surface area contributed by atoms with Gasteiger partial charge in [-0.3, -0.25) is 0 Å². The summed E-state index contributed by atoms with van der Waals surface area (Å²) < 4.78 is 13.5.